The quantitative estimate of drug-likeness (QED) is 0.657. The lowest BCUT2D eigenvalue weighted by atomic mass is 10.1. The molecule has 114 valence electrons. The molecule has 1 heterocycles. The van der Waals surface area contributed by atoms with Gasteiger partial charge in [-0.15, -0.1) is 0 Å². The predicted molar refractivity (Wildman–Crippen MR) is 76.1 cm³/mol. The third-order valence-corrected chi connectivity index (χ3v) is 5.65. The van der Waals surface area contributed by atoms with Crippen molar-refractivity contribution in [1.82, 2.24) is 8.61 Å². The Labute approximate surface area is 117 Å². The zero-order valence-corrected chi connectivity index (χ0v) is 12.9. The summed E-state index contributed by atoms with van der Waals surface area (Å²) < 4.78 is 33.4. The first kappa shape index (κ1) is 16.8. The molecule has 0 aromatic carbocycles. The minimum atomic E-state index is -3.28. The topological polar surface area (TPSA) is 75.9 Å². The van der Waals surface area contributed by atoms with Crippen molar-refractivity contribution >= 4 is 10.2 Å². The van der Waals surface area contributed by atoms with Crippen LogP contribution in [0.2, 0.25) is 0 Å². The third-order valence-electron chi connectivity index (χ3n) is 3.46. The van der Waals surface area contributed by atoms with Crippen LogP contribution in [0, 0.1) is 0 Å². The predicted octanol–water partition coefficient (Wildman–Crippen LogP) is 0.403. The molecule has 0 aliphatic carbocycles. The lowest BCUT2D eigenvalue weighted by Gasteiger charge is -2.34. The van der Waals surface area contributed by atoms with E-state index in [0.29, 0.717) is 39.3 Å². The third kappa shape index (κ3) is 4.68. The molecule has 0 spiro atoms. The van der Waals surface area contributed by atoms with Crippen molar-refractivity contribution in [2.45, 2.75) is 39.2 Å². The van der Waals surface area contributed by atoms with Crippen molar-refractivity contribution < 1.29 is 13.2 Å². The van der Waals surface area contributed by atoms with E-state index in [2.05, 4.69) is 0 Å². The monoisotopic (exact) mass is 293 g/mol. The average molecular weight is 293 g/mol. The molecule has 0 amide bonds. The summed E-state index contributed by atoms with van der Waals surface area (Å²) >= 11 is 0. The summed E-state index contributed by atoms with van der Waals surface area (Å²) in [4.78, 5) is 0. The van der Waals surface area contributed by atoms with Gasteiger partial charge in [0.1, 0.15) is 0 Å². The zero-order valence-electron chi connectivity index (χ0n) is 12.0. The Morgan fingerprint density at radius 3 is 2.32 bits per heavy atom. The second-order valence-electron chi connectivity index (χ2n) is 4.70. The van der Waals surface area contributed by atoms with Gasteiger partial charge in [-0.05, 0) is 25.8 Å². The summed E-state index contributed by atoms with van der Waals surface area (Å²) in [5, 5.41) is 0. The number of hydrogen-bond acceptors (Lipinski definition) is 4. The van der Waals surface area contributed by atoms with E-state index in [9.17, 15) is 8.42 Å². The van der Waals surface area contributed by atoms with Crippen LogP contribution >= 0.6 is 0 Å². The number of nitrogens with zero attached hydrogens (tertiary/aromatic N) is 2. The summed E-state index contributed by atoms with van der Waals surface area (Å²) in [6.07, 6.45) is 2.57. The van der Waals surface area contributed by atoms with Gasteiger partial charge in [-0.25, -0.2) is 0 Å². The van der Waals surface area contributed by atoms with Crippen LogP contribution < -0.4 is 5.73 Å². The summed E-state index contributed by atoms with van der Waals surface area (Å²) in [7, 11) is -3.28. The first-order valence-electron chi connectivity index (χ1n) is 7.13. The van der Waals surface area contributed by atoms with E-state index < -0.39 is 10.2 Å². The van der Waals surface area contributed by atoms with Gasteiger partial charge in [-0.1, -0.05) is 13.8 Å². The molecular weight excluding hydrogens is 266 g/mol. The fourth-order valence-electron chi connectivity index (χ4n) is 2.28. The lowest BCUT2D eigenvalue weighted by molar-refractivity contribution is 0.0201. The van der Waals surface area contributed by atoms with Crippen molar-refractivity contribution in [3.63, 3.8) is 0 Å². The van der Waals surface area contributed by atoms with Gasteiger partial charge in [0, 0.05) is 32.8 Å². The second-order valence-corrected chi connectivity index (χ2v) is 6.63. The molecule has 0 aromatic rings. The van der Waals surface area contributed by atoms with E-state index >= 15 is 0 Å². The Kier molecular flexibility index (Phi) is 7.23. The van der Waals surface area contributed by atoms with Crippen molar-refractivity contribution in [3.8, 4) is 0 Å². The van der Waals surface area contributed by atoms with Gasteiger partial charge in [-0.2, -0.15) is 17.0 Å². The van der Waals surface area contributed by atoms with E-state index in [0.717, 1.165) is 19.3 Å². The number of rotatable bonds is 8. The van der Waals surface area contributed by atoms with Gasteiger partial charge in [0.05, 0.1) is 6.10 Å². The van der Waals surface area contributed by atoms with Gasteiger partial charge in [0.2, 0.25) is 0 Å². The number of nitrogens with two attached hydrogens (primary N) is 1. The van der Waals surface area contributed by atoms with E-state index in [4.69, 9.17) is 10.5 Å². The highest BCUT2D eigenvalue weighted by Crippen LogP contribution is 2.19. The number of piperidine rings is 1. The molecule has 1 saturated heterocycles. The molecule has 1 rings (SSSR count). The summed E-state index contributed by atoms with van der Waals surface area (Å²) in [6, 6.07) is 0. The average Bonchev–Trinajstić information content (AvgIpc) is 2.41. The fraction of sp³-hybridized carbons (Fsp3) is 1.00. The second kappa shape index (κ2) is 8.16. The number of ether oxygens (including phenoxy) is 1. The Hall–Kier alpha value is -0.210. The number of hydrogen-bond donors (Lipinski definition) is 1. The lowest BCUT2D eigenvalue weighted by Crippen LogP contribution is -2.48. The molecular formula is C12H27N3O3S. The molecule has 0 aromatic heterocycles. The van der Waals surface area contributed by atoms with Crippen molar-refractivity contribution in [1.29, 1.82) is 0 Å². The maximum Gasteiger partial charge on any atom is 0.281 e. The molecule has 0 unspecified atom stereocenters. The van der Waals surface area contributed by atoms with E-state index in [1.165, 1.54) is 4.31 Å². The molecule has 1 fully saturated rings. The molecule has 1 aliphatic rings. The molecule has 0 atom stereocenters. The van der Waals surface area contributed by atoms with E-state index in [-0.39, 0.29) is 6.10 Å². The van der Waals surface area contributed by atoms with Gasteiger partial charge in [-0.3, -0.25) is 0 Å². The molecule has 1 aliphatic heterocycles. The van der Waals surface area contributed by atoms with Crippen molar-refractivity contribution in [2.75, 3.05) is 39.3 Å². The SMILES string of the molecule is CCN(CC)S(=O)(=O)N1CCC(OCCCN)CC1. The molecule has 7 heteroatoms. The van der Waals surface area contributed by atoms with E-state index in [1.54, 1.807) is 4.31 Å². The molecule has 0 saturated carbocycles. The summed E-state index contributed by atoms with van der Waals surface area (Å²) in [5.41, 5.74) is 5.41. The van der Waals surface area contributed by atoms with Gasteiger partial charge in [0.15, 0.2) is 0 Å². The van der Waals surface area contributed by atoms with E-state index in [1.807, 2.05) is 13.8 Å². The first-order chi connectivity index (χ1) is 9.06. The minimum Gasteiger partial charge on any atom is -0.378 e. The molecule has 6 nitrogen and oxygen atoms in total. The maximum absolute atomic E-state index is 12.3. The minimum absolute atomic E-state index is 0.176. The Balaban J connectivity index is 2.44. The summed E-state index contributed by atoms with van der Waals surface area (Å²) in [6.45, 7) is 7.17. The van der Waals surface area contributed by atoms with Crippen molar-refractivity contribution in [2.24, 2.45) is 5.73 Å². The normalized spacial score (nSPS) is 19.2. The largest absolute Gasteiger partial charge is 0.378 e. The highest BCUT2D eigenvalue weighted by Gasteiger charge is 2.31. The summed E-state index contributed by atoms with van der Waals surface area (Å²) in [5.74, 6) is 0. The first-order valence-corrected chi connectivity index (χ1v) is 8.52. The fourth-order valence-corrected chi connectivity index (χ4v) is 3.93. The van der Waals surface area contributed by atoms with Crippen LogP contribution in [0.4, 0.5) is 0 Å². The van der Waals surface area contributed by atoms with Crippen LogP contribution in [-0.2, 0) is 14.9 Å². The Bertz CT molecular complexity index is 336. The van der Waals surface area contributed by atoms with Crippen molar-refractivity contribution in [3.05, 3.63) is 0 Å². The highest BCUT2D eigenvalue weighted by atomic mass is 32.2. The smallest absolute Gasteiger partial charge is 0.281 e. The van der Waals surface area contributed by atoms with Gasteiger partial charge in [0.25, 0.3) is 10.2 Å². The maximum atomic E-state index is 12.3. The van der Waals surface area contributed by atoms with Crippen LogP contribution in [0.1, 0.15) is 33.1 Å². The van der Waals surface area contributed by atoms with Crippen LogP contribution in [0.3, 0.4) is 0 Å². The standard InChI is InChI=1S/C12H27N3O3S/c1-3-14(4-2)19(16,17)15-9-6-12(7-10-15)18-11-5-8-13/h12H,3-11,13H2,1-2H3. The Morgan fingerprint density at radius 2 is 1.84 bits per heavy atom. The van der Waals surface area contributed by atoms with Crippen LogP contribution in [0.15, 0.2) is 0 Å². The zero-order chi connectivity index (χ0) is 14.3. The van der Waals surface area contributed by atoms with Gasteiger partial charge < -0.3 is 10.5 Å². The highest BCUT2D eigenvalue weighted by molar-refractivity contribution is 7.86. The van der Waals surface area contributed by atoms with Gasteiger partial charge >= 0.3 is 0 Å². The van der Waals surface area contributed by atoms with Crippen LogP contribution in [0.25, 0.3) is 0 Å². The molecule has 2 N–H and O–H groups in total. The molecule has 19 heavy (non-hydrogen) atoms. The van der Waals surface area contributed by atoms with Crippen LogP contribution in [-0.4, -0.2) is 62.5 Å². The Morgan fingerprint density at radius 1 is 1.26 bits per heavy atom. The molecule has 0 bridgehead atoms. The molecule has 0 radical (unpaired) electrons. The van der Waals surface area contributed by atoms with Crippen LogP contribution in [0.5, 0.6) is 0 Å².